The smallest absolute Gasteiger partial charge is 0.122 e. The third-order valence-electron chi connectivity index (χ3n) is 1.79. The zero-order chi connectivity index (χ0) is 9.03. The van der Waals surface area contributed by atoms with Crippen LogP contribution in [0, 0.1) is 0 Å². The van der Waals surface area contributed by atoms with E-state index in [0.717, 1.165) is 5.56 Å². The van der Waals surface area contributed by atoms with E-state index in [1.54, 1.807) is 12.1 Å². The van der Waals surface area contributed by atoms with Gasteiger partial charge in [0.25, 0.3) is 0 Å². The highest BCUT2D eigenvalue weighted by molar-refractivity contribution is 9.09. The Morgan fingerprint density at radius 1 is 1.25 bits per heavy atom. The van der Waals surface area contributed by atoms with Gasteiger partial charge in [-0.25, -0.2) is 0 Å². The molecule has 2 N–H and O–H groups in total. The van der Waals surface area contributed by atoms with Crippen molar-refractivity contribution in [3.05, 3.63) is 35.9 Å². The lowest BCUT2D eigenvalue weighted by Gasteiger charge is -2.23. The molecule has 1 aromatic carbocycles. The minimum atomic E-state index is -1.15. The molecule has 0 saturated heterocycles. The van der Waals surface area contributed by atoms with Gasteiger partial charge in [-0.2, -0.15) is 0 Å². The molecule has 1 unspecified atom stereocenters. The van der Waals surface area contributed by atoms with Crippen molar-refractivity contribution in [1.29, 1.82) is 0 Å². The molecular formula is C9H11BrO2. The fourth-order valence-electron chi connectivity index (χ4n) is 0.959. The van der Waals surface area contributed by atoms with E-state index in [1.165, 1.54) is 0 Å². The number of hydrogen-bond donors (Lipinski definition) is 2. The van der Waals surface area contributed by atoms with Crippen LogP contribution in [0.1, 0.15) is 5.56 Å². The van der Waals surface area contributed by atoms with Crippen LogP contribution < -0.4 is 0 Å². The van der Waals surface area contributed by atoms with Crippen molar-refractivity contribution in [2.75, 3.05) is 11.9 Å². The van der Waals surface area contributed by atoms with Crippen LogP contribution in [-0.4, -0.2) is 22.2 Å². The molecule has 0 heterocycles. The van der Waals surface area contributed by atoms with Crippen LogP contribution in [0.25, 0.3) is 0 Å². The largest absolute Gasteiger partial charge is 0.393 e. The summed E-state index contributed by atoms with van der Waals surface area (Å²) in [4.78, 5) is 0. The van der Waals surface area contributed by atoms with Gasteiger partial charge in [-0.3, -0.25) is 0 Å². The second-order valence-electron chi connectivity index (χ2n) is 2.69. The quantitative estimate of drug-likeness (QED) is 0.769. The molecule has 0 saturated carbocycles. The highest BCUT2D eigenvalue weighted by Crippen LogP contribution is 2.22. The molecule has 12 heavy (non-hydrogen) atoms. The summed E-state index contributed by atoms with van der Waals surface area (Å²) in [6.45, 7) is -0.276. The molecule has 0 aliphatic carbocycles. The lowest BCUT2D eigenvalue weighted by Crippen LogP contribution is -2.31. The predicted octanol–water partition coefficient (Wildman–Crippen LogP) is 1.26. The molecule has 0 aliphatic heterocycles. The van der Waals surface area contributed by atoms with Gasteiger partial charge in [-0.15, -0.1) is 0 Å². The van der Waals surface area contributed by atoms with E-state index in [0.29, 0.717) is 5.33 Å². The summed E-state index contributed by atoms with van der Waals surface area (Å²) in [6, 6.07) is 9.11. The number of benzene rings is 1. The fraction of sp³-hybridized carbons (Fsp3) is 0.333. The van der Waals surface area contributed by atoms with E-state index in [-0.39, 0.29) is 6.61 Å². The van der Waals surface area contributed by atoms with Crippen molar-refractivity contribution in [2.24, 2.45) is 0 Å². The average Bonchev–Trinajstić information content (AvgIpc) is 2.18. The molecule has 0 spiro atoms. The highest BCUT2D eigenvalue weighted by atomic mass is 79.9. The van der Waals surface area contributed by atoms with E-state index in [9.17, 15) is 5.11 Å². The first-order valence-corrected chi connectivity index (χ1v) is 4.80. The number of aliphatic hydroxyl groups is 2. The maximum absolute atomic E-state index is 9.80. The molecule has 0 amide bonds. The second-order valence-corrected chi connectivity index (χ2v) is 3.25. The van der Waals surface area contributed by atoms with Crippen LogP contribution in [0.15, 0.2) is 30.3 Å². The fourth-order valence-corrected chi connectivity index (χ4v) is 1.46. The van der Waals surface area contributed by atoms with Crippen LogP contribution in [0.5, 0.6) is 0 Å². The number of hydrogen-bond acceptors (Lipinski definition) is 2. The maximum atomic E-state index is 9.80. The molecule has 0 aromatic heterocycles. The average molecular weight is 231 g/mol. The van der Waals surface area contributed by atoms with Crippen molar-refractivity contribution in [3.8, 4) is 0 Å². The zero-order valence-electron chi connectivity index (χ0n) is 6.57. The Labute approximate surface area is 80.0 Å². The lowest BCUT2D eigenvalue weighted by molar-refractivity contribution is 0.00321. The Bertz CT molecular complexity index is 232. The molecule has 0 aliphatic rings. The van der Waals surface area contributed by atoms with Gasteiger partial charge in [0, 0.05) is 5.33 Å². The number of halogens is 1. The molecule has 1 atom stereocenters. The van der Waals surface area contributed by atoms with E-state index in [4.69, 9.17) is 5.11 Å². The Morgan fingerprint density at radius 3 is 2.25 bits per heavy atom. The summed E-state index contributed by atoms with van der Waals surface area (Å²) in [5.74, 6) is 0. The van der Waals surface area contributed by atoms with Gasteiger partial charge in [0.2, 0.25) is 0 Å². The molecule has 2 nitrogen and oxygen atoms in total. The molecule has 3 heteroatoms. The SMILES string of the molecule is OCC(O)(CBr)c1ccccc1. The van der Waals surface area contributed by atoms with Gasteiger partial charge in [-0.1, -0.05) is 46.3 Å². The van der Waals surface area contributed by atoms with Crippen LogP contribution in [0.3, 0.4) is 0 Å². The van der Waals surface area contributed by atoms with Crippen molar-refractivity contribution >= 4 is 15.9 Å². The zero-order valence-corrected chi connectivity index (χ0v) is 8.16. The van der Waals surface area contributed by atoms with Gasteiger partial charge in [0.05, 0.1) is 6.61 Å². The summed E-state index contributed by atoms with van der Waals surface area (Å²) in [5, 5.41) is 19.1. The molecule has 0 bridgehead atoms. The first-order valence-electron chi connectivity index (χ1n) is 3.67. The Balaban J connectivity index is 2.95. The second kappa shape index (κ2) is 4.03. The highest BCUT2D eigenvalue weighted by Gasteiger charge is 2.26. The van der Waals surface area contributed by atoms with Crippen molar-refractivity contribution < 1.29 is 10.2 Å². The van der Waals surface area contributed by atoms with E-state index < -0.39 is 5.60 Å². The van der Waals surface area contributed by atoms with Crippen LogP contribution in [0.2, 0.25) is 0 Å². The molecule has 1 rings (SSSR count). The summed E-state index contributed by atoms with van der Waals surface area (Å²) in [5.41, 5.74) is -0.425. The number of alkyl halides is 1. The monoisotopic (exact) mass is 230 g/mol. The molecule has 0 radical (unpaired) electrons. The Morgan fingerprint density at radius 2 is 1.83 bits per heavy atom. The molecule has 1 aromatic rings. The van der Waals surface area contributed by atoms with Gasteiger partial charge in [0.1, 0.15) is 5.60 Å². The van der Waals surface area contributed by atoms with Gasteiger partial charge in [-0.05, 0) is 5.56 Å². The first-order chi connectivity index (χ1) is 5.73. The summed E-state index contributed by atoms with van der Waals surface area (Å²) < 4.78 is 0. The number of rotatable bonds is 3. The van der Waals surface area contributed by atoms with E-state index >= 15 is 0 Å². The lowest BCUT2D eigenvalue weighted by atomic mass is 9.97. The first kappa shape index (κ1) is 9.71. The maximum Gasteiger partial charge on any atom is 0.122 e. The van der Waals surface area contributed by atoms with Crippen LogP contribution in [-0.2, 0) is 5.60 Å². The normalized spacial score (nSPS) is 15.6. The summed E-state index contributed by atoms with van der Waals surface area (Å²) in [6.07, 6.45) is 0. The van der Waals surface area contributed by atoms with Crippen molar-refractivity contribution in [3.63, 3.8) is 0 Å². The number of aliphatic hydroxyl groups excluding tert-OH is 1. The van der Waals surface area contributed by atoms with E-state index in [1.807, 2.05) is 18.2 Å². The summed E-state index contributed by atoms with van der Waals surface area (Å²) >= 11 is 3.16. The van der Waals surface area contributed by atoms with Crippen LogP contribution >= 0.6 is 15.9 Å². The third-order valence-corrected chi connectivity index (χ3v) is 2.72. The van der Waals surface area contributed by atoms with Gasteiger partial charge in [0.15, 0.2) is 0 Å². The minimum absolute atomic E-state index is 0.276. The standard InChI is InChI=1S/C9H11BrO2/c10-6-9(12,7-11)8-4-2-1-3-5-8/h1-5,11-12H,6-7H2. The van der Waals surface area contributed by atoms with Gasteiger partial charge >= 0.3 is 0 Å². The molecular weight excluding hydrogens is 220 g/mol. The molecule has 0 fully saturated rings. The van der Waals surface area contributed by atoms with Gasteiger partial charge < -0.3 is 10.2 Å². The predicted molar refractivity (Wildman–Crippen MR) is 51.2 cm³/mol. The van der Waals surface area contributed by atoms with Crippen LogP contribution in [0.4, 0.5) is 0 Å². The topological polar surface area (TPSA) is 40.5 Å². The Kier molecular flexibility index (Phi) is 3.26. The third kappa shape index (κ3) is 1.86. The summed E-state index contributed by atoms with van der Waals surface area (Å²) in [7, 11) is 0. The minimum Gasteiger partial charge on any atom is -0.393 e. The van der Waals surface area contributed by atoms with Crippen molar-refractivity contribution in [1.82, 2.24) is 0 Å². The van der Waals surface area contributed by atoms with E-state index in [2.05, 4.69) is 15.9 Å². The van der Waals surface area contributed by atoms with Crippen molar-refractivity contribution in [2.45, 2.75) is 5.60 Å². The molecule has 66 valence electrons. The Hall–Kier alpha value is -0.380.